The van der Waals surface area contributed by atoms with Crippen molar-refractivity contribution < 1.29 is 9.59 Å². The van der Waals surface area contributed by atoms with E-state index in [9.17, 15) is 9.59 Å². The van der Waals surface area contributed by atoms with E-state index in [-0.39, 0.29) is 0 Å². The molecule has 0 fully saturated rings. The molecule has 148 valence electrons. The van der Waals surface area contributed by atoms with Gasteiger partial charge in [-0.1, -0.05) is 133 Å². The third-order valence-corrected chi connectivity index (χ3v) is 11.9. The summed E-state index contributed by atoms with van der Waals surface area (Å²) in [6.45, 7) is 0. The van der Waals surface area contributed by atoms with Gasteiger partial charge in [-0.2, -0.15) is 0 Å². The number of hydrogen-bond donors (Lipinski definition) is 2. The highest BCUT2D eigenvalue weighted by Gasteiger charge is 2.38. The maximum Gasteiger partial charge on any atom is 0.277 e. The zero-order valence-corrected chi connectivity index (χ0v) is 18.6. The molecule has 0 aromatic heterocycles. The van der Waals surface area contributed by atoms with Gasteiger partial charge in [0.1, 0.15) is 0 Å². The lowest BCUT2D eigenvalue weighted by atomic mass is 10.4. The number of hydrogen-bond acceptors (Lipinski definition) is 2. The molecule has 0 radical (unpaired) electrons. The van der Waals surface area contributed by atoms with Crippen molar-refractivity contribution in [1.29, 1.82) is 0 Å². The van der Waals surface area contributed by atoms with Gasteiger partial charge >= 0.3 is 0 Å². The van der Waals surface area contributed by atoms with E-state index in [2.05, 4.69) is 0 Å². The van der Waals surface area contributed by atoms with Gasteiger partial charge in [0.2, 0.25) is 0 Å². The fraction of sp³-hybridized carbons (Fsp3) is 0. The van der Waals surface area contributed by atoms with Crippen LogP contribution in [0.2, 0.25) is 0 Å². The van der Waals surface area contributed by atoms with Crippen molar-refractivity contribution in [3.63, 3.8) is 0 Å². The van der Waals surface area contributed by atoms with Gasteiger partial charge < -0.3 is 9.59 Å². The van der Waals surface area contributed by atoms with Crippen molar-refractivity contribution in [3.05, 3.63) is 133 Å². The molecule has 0 saturated carbocycles. The van der Waals surface area contributed by atoms with E-state index in [0.717, 1.165) is 20.7 Å². The first-order valence-electron chi connectivity index (χ1n) is 10.0. The fourth-order valence-corrected chi connectivity index (χ4v) is 9.90. The second-order valence-corrected chi connectivity index (χ2v) is 13.4. The molecular weight excluding hydrogens is 400 g/mol. The Morgan fingerprint density at radius 3 is 0.767 bits per heavy atom. The Morgan fingerprint density at radius 1 is 0.367 bits per heavy atom. The molecule has 30 heavy (non-hydrogen) atoms. The lowest BCUT2D eigenvalue weighted by molar-refractivity contribution is 0.576. The molecule has 4 rings (SSSR count). The van der Waals surface area contributed by atoms with Crippen LogP contribution in [0.3, 0.4) is 0 Å². The maximum atomic E-state index is 12.0. The highest BCUT2D eigenvalue weighted by atomic mass is 28.4. The molecule has 2 nitrogen and oxygen atoms in total. The van der Waals surface area contributed by atoms with E-state index in [4.69, 9.17) is 0 Å². The summed E-state index contributed by atoms with van der Waals surface area (Å²) in [7, 11) is -6.37. The lowest BCUT2D eigenvalue weighted by Gasteiger charge is -2.27. The number of benzene rings is 4. The lowest BCUT2D eigenvalue weighted by Crippen LogP contribution is -2.61. The summed E-state index contributed by atoms with van der Waals surface area (Å²) < 4.78 is 0. The third-order valence-electron chi connectivity index (χ3n) is 5.42. The topological polar surface area (TPSA) is 40.5 Å². The summed E-state index contributed by atoms with van der Waals surface area (Å²) in [6, 6.07) is 39.1. The van der Waals surface area contributed by atoms with Crippen LogP contribution in [-0.2, 0) is 0 Å². The summed E-state index contributed by atoms with van der Waals surface area (Å²) in [5, 5.41) is 3.57. The summed E-state index contributed by atoms with van der Waals surface area (Å²) in [4.78, 5) is 23.9. The van der Waals surface area contributed by atoms with Crippen LogP contribution in [0.15, 0.2) is 133 Å². The van der Waals surface area contributed by atoms with Crippen LogP contribution >= 0.6 is 0 Å². The van der Waals surface area contributed by atoms with Gasteiger partial charge in [0, 0.05) is 0 Å². The zero-order chi connectivity index (χ0) is 20.9. The highest BCUT2D eigenvalue weighted by Crippen LogP contribution is 2.10. The molecule has 0 atom stereocenters. The normalized spacial score (nSPS) is 12.2. The van der Waals surface area contributed by atoms with E-state index in [1.807, 2.05) is 133 Å². The first-order valence-corrected chi connectivity index (χ1v) is 14.0. The molecule has 4 aromatic carbocycles. The van der Waals surface area contributed by atoms with Gasteiger partial charge in [-0.15, -0.1) is 0 Å². The average Bonchev–Trinajstić information content (AvgIpc) is 2.84. The van der Waals surface area contributed by atoms with Crippen LogP contribution in [0, 0.1) is 0 Å². The Morgan fingerprint density at radius 2 is 0.567 bits per heavy atom. The van der Waals surface area contributed by atoms with Crippen LogP contribution < -0.4 is 20.7 Å². The Hall–Kier alpha value is -3.03. The molecule has 0 aliphatic rings. The molecule has 0 unspecified atom stereocenters. The Labute approximate surface area is 179 Å². The van der Waals surface area contributed by atoms with Crippen molar-refractivity contribution in [2.24, 2.45) is 0 Å². The van der Waals surface area contributed by atoms with Crippen LogP contribution in [0.25, 0.3) is 0 Å². The van der Waals surface area contributed by atoms with Gasteiger partial charge in [0.15, 0.2) is 0 Å². The van der Waals surface area contributed by atoms with Crippen molar-refractivity contribution in [1.82, 2.24) is 0 Å². The first-order chi connectivity index (χ1) is 14.6. The molecule has 2 N–H and O–H groups in total. The molecule has 0 aliphatic carbocycles. The molecule has 4 heteroatoms. The molecule has 0 bridgehead atoms. The average molecular weight is 425 g/mol. The van der Waals surface area contributed by atoms with Crippen LogP contribution in [0.4, 0.5) is 0 Å². The van der Waals surface area contributed by atoms with E-state index in [1.54, 1.807) is 0 Å². The third kappa shape index (κ3) is 3.99. The maximum absolute atomic E-state index is 12.0. The van der Waals surface area contributed by atoms with Gasteiger partial charge in [0.25, 0.3) is 16.6 Å². The van der Waals surface area contributed by atoms with Crippen LogP contribution in [0.5, 0.6) is 0 Å². The molecule has 0 aliphatic heterocycles. The second kappa shape index (κ2) is 8.77. The molecule has 0 heterocycles. The zero-order valence-electron chi connectivity index (χ0n) is 16.6. The van der Waals surface area contributed by atoms with E-state index >= 15 is 0 Å². The monoisotopic (exact) mass is 424 g/mol. The predicted octanol–water partition coefficient (Wildman–Crippen LogP) is 2.13. The Balaban J connectivity index is 1.87. The minimum atomic E-state index is -3.18. The fourth-order valence-electron chi connectivity index (χ4n) is 3.73. The number of rotatable bonds is 6. The molecule has 4 aromatic rings. The SMILES string of the molecule is O[Si](C=C[Si](O)(c1ccccc1)c1ccccc1)(c1ccccc1)c1ccccc1. The Kier molecular flexibility index (Phi) is 5.92. The van der Waals surface area contributed by atoms with Crippen LogP contribution in [0.1, 0.15) is 0 Å². The minimum Gasteiger partial charge on any atom is -0.421 e. The van der Waals surface area contributed by atoms with Gasteiger partial charge in [-0.05, 0) is 20.7 Å². The molecule has 0 amide bonds. The highest BCUT2D eigenvalue weighted by molar-refractivity contribution is 7.04. The van der Waals surface area contributed by atoms with Crippen molar-refractivity contribution in [2.45, 2.75) is 0 Å². The van der Waals surface area contributed by atoms with E-state index < -0.39 is 16.6 Å². The van der Waals surface area contributed by atoms with Crippen molar-refractivity contribution >= 4 is 37.4 Å². The molecular formula is C26H24O2Si2. The molecule has 0 spiro atoms. The summed E-state index contributed by atoms with van der Waals surface area (Å²) >= 11 is 0. The van der Waals surface area contributed by atoms with Gasteiger partial charge in [0.05, 0.1) is 0 Å². The van der Waals surface area contributed by atoms with Gasteiger partial charge in [-0.3, -0.25) is 0 Å². The standard InChI is InChI=1S/C26H24O2Si2/c27-29(23-13-5-1-6-14-23,24-15-7-2-8-16-24)21-22-30(28,25-17-9-3-10-18-25)26-19-11-4-12-20-26/h1-22,27-28H. The smallest absolute Gasteiger partial charge is 0.277 e. The molecule has 0 saturated heterocycles. The Bertz CT molecular complexity index is 929. The quantitative estimate of drug-likeness (QED) is 0.466. The first kappa shape index (κ1) is 20.3. The minimum absolute atomic E-state index is 0.893. The van der Waals surface area contributed by atoms with Crippen molar-refractivity contribution in [3.8, 4) is 0 Å². The second-order valence-electron chi connectivity index (χ2n) is 7.33. The predicted molar refractivity (Wildman–Crippen MR) is 129 cm³/mol. The van der Waals surface area contributed by atoms with Crippen molar-refractivity contribution in [2.75, 3.05) is 0 Å². The summed E-state index contributed by atoms with van der Waals surface area (Å²) in [5.41, 5.74) is 3.79. The van der Waals surface area contributed by atoms with E-state index in [1.165, 1.54) is 0 Å². The summed E-state index contributed by atoms with van der Waals surface area (Å²) in [6.07, 6.45) is 0. The van der Waals surface area contributed by atoms with E-state index in [0.29, 0.717) is 0 Å². The largest absolute Gasteiger partial charge is 0.421 e. The van der Waals surface area contributed by atoms with Crippen LogP contribution in [-0.4, -0.2) is 26.2 Å². The summed E-state index contributed by atoms with van der Waals surface area (Å²) in [5.74, 6) is 0. The van der Waals surface area contributed by atoms with Gasteiger partial charge in [-0.25, -0.2) is 0 Å².